The van der Waals surface area contributed by atoms with Gasteiger partial charge < -0.3 is 19.5 Å². The summed E-state index contributed by atoms with van der Waals surface area (Å²) in [5, 5.41) is 3.40. The van der Waals surface area contributed by atoms with Crippen LogP contribution in [0.4, 0.5) is 0 Å². The van der Waals surface area contributed by atoms with Gasteiger partial charge in [-0.3, -0.25) is 9.69 Å². The first kappa shape index (κ1) is 22.8. The van der Waals surface area contributed by atoms with Crippen LogP contribution < -0.4 is 14.8 Å². The molecule has 1 heterocycles. The molecule has 1 N–H and O–H groups in total. The van der Waals surface area contributed by atoms with E-state index >= 15 is 0 Å². The van der Waals surface area contributed by atoms with Crippen LogP contribution in [0.1, 0.15) is 51.4 Å². The highest BCUT2D eigenvalue weighted by Crippen LogP contribution is 2.36. The zero-order chi connectivity index (χ0) is 20.9. The fourth-order valence-electron chi connectivity index (χ4n) is 3.38. The van der Waals surface area contributed by atoms with Crippen molar-refractivity contribution >= 4 is 17.5 Å². The highest BCUT2D eigenvalue weighted by Gasteiger charge is 2.33. The Hall–Kier alpha value is -1.50. The van der Waals surface area contributed by atoms with Crippen LogP contribution in [-0.2, 0) is 4.74 Å². The van der Waals surface area contributed by atoms with Gasteiger partial charge in [0.05, 0.1) is 30.9 Å². The Kier molecular flexibility index (Phi) is 7.98. The Balaban J connectivity index is 2.06. The molecule has 1 fully saturated rings. The van der Waals surface area contributed by atoms with Crippen molar-refractivity contribution < 1.29 is 19.0 Å². The number of hydrogen-bond acceptors (Lipinski definition) is 5. The lowest BCUT2D eigenvalue weighted by atomic mass is 10.00. The maximum Gasteiger partial charge on any atom is 0.251 e. The molecule has 28 heavy (non-hydrogen) atoms. The number of methoxy groups -OCH3 is 1. The third-order valence-corrected chi connectivity index (χ3v) is 5.18. The summed E-state index contributed by atoms with van der Waals surface area (Å²) in [4.78, 5) is 15.1. The van der Waals surface area contributed by atoms with Crippen LogP contribution in [0, 0.1) is 0 Å². The molecule has 7 heteroatoms. The maximum absolute atomic E-state index is 12.7. The van der Waals surface area contributed by atoms with Crippen molar-refractivity contribution in [3.8, 4) is 11.5 Å². The summed E-state index contributed by atoms with van der Waals surface area (Å²) < 4.78 is 16.8. The van der Waals surface area contributed by atoms with Crippen molar-refractivity contribution in [2.45, 2.75) is 58.8 Å². The zero-order valence-corrected chi connectivity index (χ0v) is 18.6. The first-order valence-electron chi connectivity index (χ1n) is 9.87. The van der Waals surface area contributed by atoms with Gasteiger partial charge in [-0.25, -0.2) is 0 Å². The number of nitrogens with one attached hydrogen (secondary N) is 1. The monoisotopic (exact) mass is 412 g/mol. The minimum Gasteiger partial charge on any atom is -0.493 e. The molecular weight excluding hydrogens is 380 g/mol. The van der Waals surface area contributed by atoms with E-state index in [0.717, 1.165) is 19.5 Å². The van der Waals surface area contributed by atoms with E-state index in [1.54, 1.807) is 12.1 Å². The quantitative estimate of drug-likeness (QED) is 0.704. The normalized spacial score (nSPS) is 20.7. The predicted octanol–water partition coefficient (Wildman–Crippen LogP) is 3.76. The molecule has 0 aliphatic carbocycles. The second-order valence-electron chi connectivity index (χ2n) is 8.00. The number of carbonyl (C=O) groups excluding carboxylic acids is 1. The van der Waals surface area contributed by atoms with Crippen molar-refractivity contribution in [2.24, 2.45) is 0 Å². The molecule has 0 saturated carbocycles. The molecule has 1 aliphatic rings. The van der Waals surface area contributed by atoms with E-state index in [2.05, 4.69) is 37.9 Å². The van der Waals surface area contributed by atoms with Gasteiger partial charge in [-0.1, -0.05) is 18.5 Å². The number of benzene rings is 1. The average Bonchev–Trinajstić information content (AvgIpc) is 2.63. The fraction of sp³-hybridized carbons (Fsp3) is 0.667. The van der Waals surface area contributed by atoms with Gasteiger partial charge in [0.15, 0.2) is 11.5 Å². The minimum absolute atomic E-state index is 0.178. The van der Waals surface area contributed by atoms with Gasteiger partial charge in [0.1, 0.15) is 0 Å². The molecule has 0 bridgehead atoms. The molecular formula is C21H33ClN2O4. The SMILES string of the molecule is CCCOc1c(Cl)cc(C(=O)NCC(C)(C)N2C[C@H](C)O[C@@H](C)C2)cc1OC. The molecule has 158 valence electrons. The van der Waals surface area contributed by atoms with Crippen LogP contribution in [0.5, 0.6) is 11.5 Å². The number of ether oxygens (including phenoxy) is 3. The summed E-state index contributed by atoms with van der Waals surface area (Å²) in [6.07, 6.45) is 1.21. The molecule has 0 aromatic heterocycles. The van der Waals surface area contributed by atoms with Gasteiger partial charge in [0.2, 0.25) is 0 Å². The molecule has 0 spiro atoms. The third kappa shape index (κ3) is 5.75. The first-order valence-corrected chi connectivity index (χ1v) is 10.2. The van der Waals surface area contributed by atoms with E-state index in [-0.39, 0.29) is 23.7 Å². The standard InChI is InChI=1S/C21H33ClN2O4/c1-7-8-27-19-17(22)9-16(10-18(19)26-6)20(25)23-13-21(4,5)24-11-14(2)28-15(3)12-24/h9-10,14-15H,7-8,11-13H2,1-6H3,(H,23,25)/t14-,15-/m0/s1. The second-order valence-corrected chi connectivity index (χ2v) is 8.40. The summed E-state index contributed by atoms with van der Waals surface area (Å²) in [6, 6.07) is 3.29. The summed E-state index contributed by atoms with van der Waals surface area (Å²) in [6.45, 7) is 13.2. The predicted molar refractivity (Wildman–Crippen MR) is 112 cm³/mol. The average molecular weight is 413 g/mol. The molecule has 0 radical (unpaired) electrons. The van der Waals surface area contributed by atoms with Crippen LogP contribution >= 0.6 is 11.6 Å². The van der Waals surface area contributed by atoms with E-state index in [0.29, 0.717) is 35.2 Å². The maximum atomic E-state index is 12.7. The Labute approximate surface area is 173 Å². The number of carbonyl (C=O) groups is 1. The van der Waals surface area contributed by atoms with Crippen molar-refractivity contribution in [3.05, 3.63) is 22.7 Å². The molecule has 1 amide bonds. The highest BCUT2D eigenvalue weighted by molar-refractivity contribution is 6.32. The van der Waals surface area contributed by atoms with Crippen LogP contribution in [0.25, 0.3) is 0 Å². The van der Waals surface area contributed by atoms with Crippen molar-refractivity contribution in [1.82, 2.24) is 10.2 Å². The Morgan fingerprint density at radius 2 is 1.96 bits per heavy atom. The fourth-order valence-corrected chi connectivity index (χ4v) is 3.64. The van der Waals surface area contributed by atoms with Gasteiger partial charge in [0.25, 0.3) is 5.91 Å². The molecule has 1 aliphatic heterocycles. The van der Waals surface area contributed by atoms with Gasteiger partial charge in [-0.15, -0.1) is 0 Å². The van der Waals surface area contributed by atoms with Crippen LogP contribution in [0.3, 0.4) is 0 Å². The molecule has 2 rings (SSSR count). The molecule has 1 aromatic carbocycles. The van der Waals surface area contributed by atoms with Gasteiger partial charge >= 0.3 is 0 Å². The number of halogens is 1. The van der Waals surface area contributed by atoms with E-state index in [4.69, 9.17) is 25.8 Å². The Morgan fingerprint density at radius 1 is 1.32 bits per heavy atom. The number of hydrogen-bond donors (Lipinski definition) is 1. The number of rotatable bonds is 8. The van der Waals surface area contributed by atoms with Crippen LogP contribution in [0.15, 0.2) is 12.1 Å². The van der Waals surface area contributed by atoms with E-state index in [9.17, 15) is 4.79 Å². The summed E-state index contributed by atoms with van der Waals surface area (Å²) in [7, 11) is 1.54. The van der Waals surface area contributed by atoms with Crippen molar-refractivity contribution in [2.75, 3.05) is 33.4 Å². The zero-order valence-electron chi connectivity index (χ0n) is 17.8. The van der Waals surface area contributed by atoms with Crippen LogP contribution in [-0.4, -0.2) is 61.9 Å². The van der Waals surface area contributed by atoms with E-state index < -0.39 is 0 Å². The smallest absolute Gasteiger partial charge is 0.251 e. The second kappa shape index (κ2) is 9.81. The number of morpholine rings is 1. The molecule has 0 unspecified atom stereocenters. The van der Waals surface area contributed by atoms with Crippen LogP contribution in [0.2, 0.25) is 5.02 Å². The molecule has 6 nitrogen and oxygen atoms in total. The third-order valence-electron chi connectivity index (χ3n) is 4.90. The van der Waals surface area contributed by atoms with Gasteiger partial charge in [-0.2, -0.15) is 0 Å². The molecule has 2 atom stereocenters. The minimum atomic E-state index is -0.194. The largest absolute Gasteiger partial charge is 0.493 e. The lowest BCUT2D eigenvalue weighted by Gasteiger charge is -2.45. The van der Waals surface area contributed by atoms with Gasteiger partial charge in [0, 0.05) is 30.7 Å². The number of amides is 1. The van der Waals surface area contributed by atoms with Crippen molar-refractivity contribution in [1.29, 1.82) is 0 Å². The van der Waals surface area contributed by atoms with Gasteiger partial charge in [-0.05, 0) is 46.2 Å². The highest BCUT2D eigenvalue weighted by atomic mass is 35.5. The van der Waals surface area contributed by atoms with Crippen molar-refractivity contribution in [3.63, 3.8) is 0 Å². The number of nitrogens with zero attached hydrogens (tertiary/aromatic N) is 1. The Morgan fingerprint density at radius 3 is 2.54 bits per heavy atom. The molecule has 1 aromatic rings. The topological polar surface area (TPSA) is 60.0 Å². The molecule has 1 saturated heterocycles. The summed E-state index contributed by atoms with van der Waals surface area (Å²) in [5.74, 6) is 0.741. The summed E-state index contributed by atoms with van der Waals surface area (Å²) >= 11 is 6.33. The van der Waals surface area contributed by atoms with E-state index in [1.165, 1.54) is 7.11 Å². The lowest BCUT2D eigenvalue weighted by molar-refractivity contribution is -0.0948. The lowest BCUT2D eigenvalue weighted by Crippen LogP contribution is -2.58. The summed E-state index contributed by atoms with van der Waals surface area (Å²) in [5.41, 5.74) is 0.255. The van der Waals surface area contributed by atoms with E-state index in [1.807, 2.05) is 6.92 Å². The first-order chi connectivity index (χ1) is 13.2. The Bertz CT molecular complexity index is 671.